The van der Waals surface area contributed by atoms with Crippen LogP contribution in [-0.2, 0) is 14.6 Å². The van der Waals surface area contributed by atoms with Crippen LogP contribution in [0.2, 0.25) is 0 Å². The van der Waals surface area contributed by atoms with Crippen molar-refractivity contribution in [1.29, 1.82) is 0 Å². The molecule has 0 radical (unpaired) electrons. The minimum atomic E-state index is -3.74. The third-order valence-electron chi connectivity index (χ3n) is 6.25. The average molecular weight is 393 g/mol. The van der Waals surface area contributed by atoms with Crippen LogP contribution in [-0.4, -0.2) is 50.7 Å². The fourth-order valence-corrected chi connectivity index (χ4v) is 7.18. The van der Waals surface area contributed by atoms with Crippen molar-refractivity contribution in [2.45, 2.75) is 62.0 Å². The number of amides is 1. The first-order chi connectivity index (χ1) is 12.8. The van der Waals surface area contributed by atoms with Gasteiger partial charge >= 0.3 is 0 Å². The van der Waals surface area contributed by atoms with Gasteiger partial charge in [0.05, 0.1) is 4.90 Å². The van der Waals surface area contributed by atoms with Crippen LogP contribution >= 0.6 is 0 Å². The van der Waals surface area contributed by atoms with E-state index in [1.165, 1.54) is 0 Å². The highest BCUT2D eigenvalue weighted by molar-refractivity contribution is 7.93. The lowest BCUT2D eigenvalue weighted by Crippen LogP contribution is -2.55. The molecule has 1 unspecified atom stereocenters. The van der Waals surface area contributed by atoms with Crippen molar-refractivity contribution in [3.05, 3.63) is 29.3 Å². The van der Waals surface area contributed by atoms with E-state index >= 15 is 0 Å². The van der Waals surface area contributed by atoms with Crippen LogP contribution in [0.15, 0.2) is 23.1 Å². The second-order valence-electron chi connectivity index (χ2n) is 8.29. The molecule has 1 aromatic rings. The maximum Gasteiger partial charge on any atom is 0.244 e. The highest BCUT2D eigenvalue weighted by atomic mass is 32.2. The van der Waals surface area contributed by atoms with Gasteiger partial charge in [-0.05, 0) is 76.2 Å². The summed E-state index contributed by atoms with van der Waals surface area (Å²) in [7, 11) is -1.82. The summed E-state index contributed by atoms with van der Waals surface area (Å²) in [6.45, 7) is 5.91. The Balaban J connectivity index is 1.98. The van der Waals surface area contributed by atoms with Gasteiger partial charge in [0.25, 0.3) is 0 Å². The largest absolute Gasteiger partial charge is 0.341 e. The van der Waals surface area contributed by atoms with Crippen LogP contribution in [0.4, 0.5) is 0 Å². The number of hydrogen-bond donors (Lipinski definition) is 1. The fraction of sp³-hybridized carbons (Fsp3) is 0.667. The van der Waals surface area contributed by atoms with Gasteiger partial charge in [-0.25, -0.2) is 8.42 Å². The Morgan fingerprint density at radius 2 is 1.93 bits per heavy atom. The molecule has 0 aromatic heterocycles. The summed E-state index contributed by atoms with van der Waals surface area (Å²) in [6, 6.07) is 5.50. The Labute approximate surface area is 163 Å². The van der Waals surface area contributed by atoms with Crippen LogP contribution in [0.1, 0.15) is 49.7 Å². The van der Waals surface area contributed by atoms with Gasteiger partial charge in [-0.1, -0.05) is 25.0 Å². The maximum atomic E-state index is 13.8. The van der Waals surface area contributed by atoms with Crippen LogP contribution in [0.5, 0.6) is 0 Å². The molecule has 2 fully saturated rings. The molecule has 0 bridgehead atoms. The molecule has 5 nitrogen and oxygen atoms in total. The summed E-state index contributed by atoms with van der Waals surface area (Å²) in [6.07, 6.45) is 4.50. The molecule has 1 aromatic carbocycles. The number of benzene rings is 1. The fourth-order valence-electron chi connectivity index (χ4n) is 4.74. The minimum Gasteiger partial charge on any atom is -0.341 e. The zero-order chi connectivity index (χ0) is 19.7. The molecule has 27 heavy (non-hydrogen) atoms. The van der Waals surface area contributed by atoms with E-state index in [0.29, 0.717) is 36.7 Å². The maximum absolute atomic E-state index is 13.8. The van der Waals surface area contributed by atoms with E-state index in [9.17, 15) is 13.2 Å². The predicted molar refractivity (Wildman–Crippen MR) is 108 cm³/mol. The molecule has 1 N–H and O–H groups in total. The number of carbonyl (C=O) groups is 1. The number of aryl methyl sites for hydroxylation is 2. The first kappa shape index (κ1) is 20.3. The predicted octanol–water partition coefficient (Wildman–Crippen LogP) is 2.85. The Morgan fingerprint density at radius 3 is 2.59 bits per heavy atom. The molecule has 1 saturated heterocycles. The van der Waals surface area contributed by atoms with Crippen molar-refractivity contribution in [1.82, 2.24) is 10.2 Å². The van der Waals surface area contributed by atoms with Crippen molar-refractivity contribution in [2.75, 3.05) is 26.7 Å². The van der Waals surface area contributed by atoms with Gasteiger partial charge in [-0.15, -0.1) is 0 Å². The zero-order valence-corrected chi connectivity index (χ0v) is 17.6. The number of rotatable bonds is 5. The third-order valence-corrected chi connectivity index (χ3v) is 8.88. The Morgan fingerprint density at radius 1 is 1.22 bits per heavy atom. The van der Waals surface area contributed by atoms with E-state index in [1.54, 1.807) is 6.07 Å². The molecule has 1 aliphatic carbocycles. The number of sulfone groups is 1. The molecular formula is C21H32N2O3S. The van der Waals surface area contributed by atoms with E-state index < -0.39 is 14.6 Å². The lowest BCUT2D eigenvalue weighted by molar-refractivity contribution is -0.135. The van der Waals surface area contributed by atoms with Crippen molar-refractivity contribution < 1.29 is 13.2 Å². The number of hydrogen-bond acceptors (Lipinski definition) is 4. The summed E-state index contributed by atoms with van der Waals surface area (Å²) >= 11 is 0. The lowest BCUT2D eigenvalue weighted by Gasteiger charge is -2.39. The van der Waals surface area contributed by atoms with Crippen LogP contribution in [0.25, 0.3) is 0 Å². The Hall–Kier alpha value is -1.40. The number of carbonyl (C=O) groups excluding carboxylic acids is 1. The molecule has 0 spiro atoms. The van der Waals surface area contributed by atoms with Gasteiger partial charge in [0.15, 0.2) is 14.6 Å². The summed E-state index contributed by atoms with van der Waals surface area (Å²) in [5, 5.41) is 3.19. The first-order valence-electron chi connectivity index (χ1n) is 10.1. The SMILES string of the molecule is CNCC1CCCN(C(=O)C2(S(=O)(=O)c3cc(C)ccc3C)CCCC2)C1. The topological polar surface area (TPSA) is 66.5 Å². The van der Waals surface area contributed by atoms with E-state index in [-0.39, 0.29) is 5.91 Å². The molecule has 1 saturated carbocycles. The Kier molecular flexibility index (Phi) is 5.96. The van der Waals surface area contributed by atoms with Gasteiger partial charge in [0, 0.05) is 13.1 Å². The number of nitrogens with zero attached hydrogens (tertiary/aromatic N) is 1. The number of nitrogens with one attached hydrogen (secondary N) is 1. The average Bonchev–Trinajstić information content (AvgIpc) is 3.15. The normalized spacial score (nSPS) is 22.8. The standard InChI is InChI=1S/C21H32N2O3S/c1-16-8-9-17(2)19(13-16)27(25,26)21(10-4-5-11-21)20(24)23-12-6-7-18(15-23)14-22-3/h8-9,13,18,22H,4-7,10-12,14-15H2,1-3H3. The summed E-state index contributed by atoms with van der Waals surface area (Å²) in [4.78, 5) is 15.8. The van der Waals surface area contributed by atoms with Gasteiger partial charge < -0.3 is 10.2 Å². The van der Waals surface area contributed by atoms with Crippen molar-refractivity contribution in [2.24, 2.45) is 5.92 Å². The highest BCUT2D eigenvalue weighted by Gasteiger charge is 2.55. The lowest BCUT2D eigenvalue weighted by atomic mass is 9.95. The quantitative estimate of drug-likeness (QED) is 0.837. The van der Waals surface area contributed by atoms with Crippen LogP contribution in [0, 0.1) is 19.8 Å². The van der Waals surface area contributed by atoms with E-state index in [1.807, 2.05) is 37.9 Å². The van der Waals surface area contributed by atoms with Gasteiger partial charge in [0.1, 0.15) is 0 Å². The third kappa shape index (κ3) is 3.66. The highest BCUT2D eigenvalue weighted by Crippen LogP contribution is 2.43. The second kappa shape index (κ2) is 7.92. The monoisotopic (exact) mass is 392 g/mol. The summed E-state index contributed by atoms with van der Waals surface area (Å²) in [5.41, 5.74) is 1.64. The summed E-state index contributed by atoms with van der Waals surface area (Å²) in [5.74, 6) is 0.233. The Bertz CT molecular complexity index is 796. The summed E-state index contributed by atoms with van der Waals surface area (Å²) < 4.78 is 26.2. The van der Waals surface area contributed by atoms with Crippen molar-refractivity contribution >= 4 is 15.7 Å². The van der Waals surface area contributed by atoms with Gasteiger partial charge in [-0.3, -0.25) is 4.79 Å². The van der Waals surface area contributed by atoms with Gasteiger partial charge in [0.2, 0.25) is 5.91 Å². The first-order valence-corrected chi connectivity index (χ1v) is 11.6. The molecule has 150 valence electrons. The smallest absolute Gasteiger partial charge is 0.244 e. The van der Waals surface area contributed by atoms with Crippen LogP contribution < -0.4 is 5.32 Å². The van der Waals surface area contributed by atoms with E-state index in [0.717, 1.165) is 43.4 Å². The van der Waals surface area contributed by atoms with Gasteiger partial charge in [-0.2, -0.15) is 0 Å². The van der Waals surface area contributed by atoms with Crippen molar-refractivity contribution in [3.63, 3.8) is 0 Å². The second-order valence-corrected chi connectivity index (χ2v) is 10.5. The zero-order valence-electron chi connectivity index (χ0n) is 16.8. The van der Waals surface area contributed by atoms with Crippen LogP contribution in [0.3, 0.4) is 0 Å². The number of piperidine rings is 1. The minimum absolute atomic E-state index is 0.165. The molecule has 1 amide bonds. The molecule has 1 aliphatic heterocycles. The van der Waals surface area contributed by atoms with Crippen molar-refractivity contribution in [3.8, 4) is 0 Å². The van der Waals surface area contributed by atoms with E-state index in [4.69, 9.17) is 0 Å². The molecule has 1 atom stereocenters. The number of likely N-dealkylation sites (tertiary alicyclic amines) is 1. The van der Waals surface area contributed by atoms with E-state index in [2.05, 4.69) is 5.32 Å². The molecule has 6 heteroatoms. The molecule has 2 aliphatic rings. The molecule has 1 heterocycles. The molecular weight excluding hydrogens is 360 g/mol. The molecule has 3 rings (SSSR count).